The molecule has 2 aliphatic heterocycles. The molecule has 33 heavy (non-hydrogen) atoms. The van der Waals surface area contributed by atoms with Crippen LogP contribution in [-0.2, 0) is 10.0 Å². The van der Waals surface area contributed by atoms with Crippen molar-refractivity contribution in [2.45, 2.75) is 10.9 Å². The molecular weight excluding hydrogens is 452 g/mol. The molecule has 0 unspecified atom stereocenters. The van der Waals surface area contributed by atoms with Gasteiger partial charge in [-0.2, -0.15) is 0 Å². The molecule has 1 aromatic heterocycles. The Balaban J connectivity index is 1.55. The first-order chi connectivity index (χ1) is 15.7. The number of hydrogen-bond acceptors (Lipinski definition) is 10. The first-order valence-electron chi connectivity index (χ1n) is 10.3. The normalized spacial score (nSPS) is 19.1. The number of aromatic nitrogens is 1. The first kappa shape index (κ1) is 22.9. The van der Waals surface area contributed by atoms with Gasteiger partial charge < -0.3 is 15.0 Å². The van der Waals surface area contributed by atoms with Crippen LogP contribution in [0.3, 0.4) is 0 Å². The van der Waals surface area contributed by atoms with E-state index in [1.165, 1.54) is 24.4 Å². The van der Waals surface area contributed by atoms with Crippen molar-refractivity contribution < 1.29 is 22.9 Å². The molecule has 2 aliphatic rings. The third-order valence-electron chi connectivity index (χ3n) is 5.55. The van der Waals surface area contributed by atoms with Gasteiger partial charge in [-0.15, -0.1) is 0 Å². The monoisotopic (exact) mass is 476 g/mol. The number of likely N-dealkylation sites (N-methyl/N-ethyl adjacent to an activating group) is 1. The van der Waals surface area contributed by atoms with Crippen LogP contribution < -0.4 is 14.8 Å². The number of pyridine rings is 1. The van der Waals surface area contributed by atoms with Crippen LogP contribution in [0.5, 0.6) is 5.75 Å². The molecule has 13 heteroatoms. The zero-order valence-electron chi connectivity index (χ0n) is 17.9. The third-order valence-corrected chi connectivity index (χ3v) is 6.86. The molecule has 2 N–H and O–H groups in total. The average molecular weight is 477 g/mol. The van der Waals surface area contributed by atoms with Crippen molar-refractivity contribution in [3.8, 4) is 5.75 Å². The number of amides is 1. The summed E-state index contributed by atoms with van der Waals surface area (Å²) in [5.41, 5.74) is -0.417. The van der Waals surface area contributed by atoms with E-state index in [0.29, 0.717) is 6.54 Å². The standard InChI is InChI=1S/C20H24N6O6S/c1-24-6-8-25(9-7-24)12-14-13-32-18-11-15(10-17(26(28)29)19(18)22-14)33(30,31)23-20(27)16-4-2-3-5-21-16/h2-5,10-11,14,22H,6-9,12-13H2,1H3,(H,23,27)/t14-/m0/s1. The predicted molar refractivity (Wildman–Crippen MR) is 119 cm³/mol. The molecule has 4 rings (SSSR count). The van der Waals surface area contributed by atoms with Gasteiger partial charge in [0.05, 0.1) is 15.9 Å². The van der Waals surface area contributed by atoms with Gasteiger partial charge in [-0.25, -0.2) is 13.1 Å². The van der Waals surface area contributed by atoms with Crippen LogP contribution in [0.2, 0.25) is 0 Å². The van der Waals surface area contributed by atoms with Crippen LogP contribution in [0.25, 0.3) is 0 Å². The molecule has 0 aliphatic carbocycles. The summed E-state index contributed by atoms with van der Waals surface area (Å²) in [5, 5.41) is 14.9. The Morgan fingerprint density at radius 2 is 2.06 bits per heavy atom. The van der Waals surface area contributed by atoms with Gasteiger partial charge in [-0.3, -0.25) is 24.8 Å². The second-order valence-electron chi connectivity index (χ2n) is 7.98. The van der Waals surface area contributed by atoms with Gasteiger partial charge in [-0.05, 0) is 19.2 Å². The van der Waals surface area contributed by atoms with E-state index >= 15 is 0 Å². The Labute approximate surface area is 190 Å². The molecule has 0 bridgehead atoms. The fraction of sp³-hybridized carbons (Fsp3) is 0.400. The Morgan fingerprint density at radius 3 is 2.73 bits per heavy atom. The molecule has 1 aromatic carbocycles. The SMILES string of the molecule is CN1CCN(C[C@H]2COc3cc(S(=O)(=O)NC(=O)c4ccccn4)cc([N+](=O)[O-])c3N2)CC1. The number of anilines is 1. The number of rotatable bonds is 6. The third kappa shape index (κ3) is 5.21. The highest BCUT2D eigenvalue weighted by Gasteiger charge is 2.32. The summed E-state index contributed by atoms with van der Waals surface area (Å²) in [6.45, 7) is 4.52. The zero-order valence-corrected chi connectivity index (χ0v) is 18.7. The van der Waals surface area contributed by atoms with Gasteiger partial charge in [0.25, 0.3) is 21.6 Å². The maximum absolute atomic E-state index is 12.8. The van der Waals surface area contributed by atoms with Crippen molar-refractivity contribution in [1.82, 2.24) is 19.5 Å². The van der Waals surface area contributed by atoms with Crippen molar-refractivity contribution >= 4 is 27.3 Å². The second kappa shape index (κ2) is 9.29. The quantitative estimate of drug-likeness (QED) is 0.447. The minimum Gasteiger partial charge on any atom is -0.489 e. The number of carbonyl (C=O) groups is 1. The number of hydrogen-bond donors (Lipinski definition) is 2. The highest BCUT2D eigenvalue weighted by molar-refractivity contribution is 7.90. The molecule has 3 heterocycles. The molecular formula is C20H24N6O6S. The van der Waals surface area contributed by atoms with E-state index in [2.05, 4.69) is 27.1 Å². The zero-order chi connectivity index (χ0) is 23.6. The molecule has 12 nitrogen and oxygen atoms in total. The summed E-state index contributed by atoms with van der Waals surface area (Å²) in [7, 11) is -2.34. The number of fused-ring (bicyclic) bond motifs is 1. The molecule has 0 spiro atoms. The minimum absolute atomic E-state index is 0.0458. The number of sulfonamides is 1. The lowest BCUT2D eigenvalue weighted by Gasteiger charge is -2.36. The molecule has 1 saturated heterocycles. The highest BCUT2D eigenvalue weighted by atomic mass is 32.2. The summed E-state index contributed by atoms with van der Waals surface area (Å²) in [6.07, 6.45) is 1.35. The van der Waals surface area contributed by atoms with E-state index in [4.69, 9.17) is 4.74 Å². The maximum Gasteiger partial charge on any atom is 0.297 e. The molecule has 176 valence electrons. The van der Waals surface area contributed by atoms with Gasteiger partial charge >= 0.3 is 0 Å². The Kier molecular flexibility index (Phi) is 6.44. The highest BCUT2D eigenvalue weighted by Crippen LogP contribution is 2.40. The fourth-order valence-electron chi connectivity index (χ4n) is 3.74. The van der Waals surface area contributed by atoms with Crippen LogP contribution in [0.15, 0.2) is 41.4 Å². The van der Waals surface area contributed by atoms with E-state index < -0.39 is 31.4 Å². The van der Waals surface area contributed by atoms with E-state index in [1.807, 2.05) is 4.72 Å². The van der Waals surface area contributed by atoms with Crippen LogP contribution in [0.4, 0.5) is 11.4 Å². The first-order valence-corrected chi connectivity index (χ1v) is 11.8. The Morgan fingerprint density at radius 1 is 1.30 bits per heavy atom. The molecule has 2 aromatic rings. The second-order valence-corrected chi connectivity index (χ2v) is 9.66. The molecule has 1 fully saturated rings. The number of ether oxygens (including phenoxy) is 1. The van der Waals surface area contributed by atoms with Gasteiger partial charge in [0.15, 0.2) is 11.4 Å². The van der Waals surface area contributed by atoms with Gasteiger partial charge in [0.2, 0.25) is 0 Å². The number of benzene rings is 1. The minimum atomic E-state index is -4.40. The van der Waals surface area contributed by atoms with Crippen molar-refractivity contribution in [2.24, 2.45) is 0 Å². The smallest absolute Gasteiger partial charge is 0.297 e. The number of nitrogens with zero attached hydrogens (tertiary/aromatic N) is 4. The Hall–Kier alpha value is -3.29. The number of nitro groups is 1. The lowest BCUT2D eigenvalue weighted by Crippen LogP contribution is -2.50. The van der Waals surface area contributed by atoms with Crippen molar-refractivity contribution in [3.05, 3.63) is 52.3 Å². The Bertz CT molecular complexity index is 1150. The van der Waals surface area contributed by atoms with Crippen LogP contribution >= 0.6 is 0 Å². The van der Waals surface area contributed by atoms with Crippen LogP contribution in [-0.4, -0.2) is 86.5 Å². The summed E-state index contributed by atoms with van der Waals surface area (Å²) < 4.78 is 33.1. The molecule has 1 atom stereocenters. The summed E-state index contributed by atoms with van der Waals surface area (Å²) in [6, 6.07) is 6.38. The molecule has 1 amide bonds. The summed E-state index contributed by atoms with van der Waals surface area (Å²) in [5.74, 6) is -0.897. The number of nitro benzene ring substituents is 1. The van der Waals surface area contributed by atoms with E-state index in [-0.39, 0.29) is 29.8 Å². The number of nitrogens with one attached hydrogen (secondary N) is 2. The topological polar surface area (TPSA) is 147 Å². The largest absolute Gasteiger partial charge is 0.489 e. The van der Waals surface area contributed by atoms with E-state index in [1.54, 1.807) is 6.07 Å². The fourth-order valence-corrected chi connectivity index (χ4v) is 4.74. The van der Waals surface area contributed by atoms with Gasteiger partial charge in [0.1, 0.15) is 12.3 Å². The van der Waals surface area contributed by atoms with E-state index in [9.17, 15) is 23.3 Å². The van der Waals surface area contributed by atoms with E-state index in [0.717, 1.165) is 32.2 Å². The predicted octanol–water partition coefficient (Wildman–Crippen LogP) is 0.529. The number of carbonyl (C=O) groups excluding carboxylic acids is 1. The molecule has 0 radical (unpaired) electrons. The van der Waals surface area contributed by atoms with Crippen molar-refractivity contribution in [3.63, 3.8) is 0 Å². The summed E-state index contributed by atoms with van der Waals surface area (Å²) in [4.78, 5) is 31.2. The maximum atomic E-state index is 12.8. The summed E-state index contributed by atoms with van der Waals surface area (Å²) >= 11 is 0. The average Bonchev–Trinajstić information content (AvgIpc) is 2.80. The van der Waals surface area contributed by atoms with Crippen LogP contribution in [0.1, 0.15) is 10.5 Å². The lowest BCUT2D eigenvalue weighted by atomic mass is 10.1. The van der Waals surface area contributed by atoms with Gasteiger partial charge in [0, 0.05) is 51.1 Å². The number of piperazine rings is 1. The lowest BCUT2D eigenvalue weighted by molar-refractivity contribution is -0.384. The van der Waals surface area contributed by atoms with Crippen LogP contribution in [0, 0.1) is 10.1 Å². The van der Waals surface area contributed by atoms with Crippen molar-refractivity contribution in [2.75, 3.05) is 51.7 Å². The van der Waals surface area contributed by atoms with Crippen molar-refractivity contribution in [1.29, 1.82) is 0 Å². The molecule has 0 saturated carbocycles. The van der Waals surface area contributed by atoms with Gasteiger partial charge in [-0.1, -0.05) is 6.07 Å².